The number of amides is 1. The first-order valence-corrected chi connectivity index (χ1v) is 12.7. The Morgan fingerprint density at radius 3 is 2.55 bits per heavy atom. The number of benzene rings is 1. The topological polar surface area (TPSA) is 75.7 Å². The second kappa shape index (κ2) is 10.2. The van der Waals surface area contributed by atoms with Crippen LogP contribution >= 0.6 is 11.3 Å². The summed E-state index contributed by atoms with van der Waals surface area (Å²) in [4.78, 5) is 16.3. The molecule has 0 bridgehead atoms. The Balaban J connectivity index is 1.39. The Kier molecular flexibility index (Phi) is 7.69. The highest BCUT2D eigenvalue weighted by Crippen LogP contribution is 2.27. The van der Waals surface area contributed by atoms with Crippen molar-refractivity contribution >= 4 is 27.1 Å². The van der Waals surface area contributed by atoms with E-state index in [1.165, 1.54) is 36.1 Å². The normalized spacial score (nSPS) is 15.9. The van der Waals surface area contributed by atoms with E-state index >= 15 is 0 Å². The molecule has 1 saturated heterocycles. The third-order valence-corrected chi connectivity index (χ3v) is 7.12. The molecule has 1 aromatic carbocycles. The molecule has 1 fully saturated rings. The van der Waals surface area contributed by atoms with Crippen LogP contribution in [0.5, 0.6) is 5.75 Å². The van der Waals surface area contributed by atoms with Gasteiger partial charge in [-0.1, -0.05) is 6.07 Å². The number of sulfone groups is 1. The number of nitrogens with zero attached hydrogens (tertiary/aromatic N) is 1. The van der Waals surface area contributed by atoms with E-state index in [-0.39, 0.29) is 16.8 Å². The smallest absolute Gasteiger partial charge is 0.220 e. The molecule has 1 amide bonds. The van der Waals surface area contributed by atoms with Gasteiger partial charge in [-0.05, 0) is 68.1 Å². The molecule has 1 aliphatic rings. The summed E-state index contributed by atoms with van der Waals surface area (Å²) in [6, 6.07) is 10.8. The van der Waals surface area contributed by atoms with E-state index in [0.29, 0.717) is 31.7 Å². The largest absolute Gasteiger partial charge is 0.494 e. The van der Waals surface area contributed by atoms with Crippen LogP contribution in [0.15, 0.2) is 46.7 Å². The highest BCUT2D eigenvalue weighted by molar-refractivity contribution is 7.90. The number of thiophene rings is 1. The Hall–Kier alpha value is -1.90. The highest BCUT2D eigenvalue weighted by Gasteiger charge is 2.24. The number of carbonyl (C=O) groups excluding carboxylic acids is 1. The number of likely N-dealkylation sites (tertiary alicyclic amines) is 1. The summed E-state index contributed by atoms with van der Waals surface area (Å²) in [7, 11) is -3.20. The number of nitrogens with one attached hydrogen (secondary N) is 1. The first kappa shape index (κ1) is 21.8. The molecular weight excluding hydrogens is 408 g/mol. The molecule has 29 heavy (non-hydrogen) atoms. The van der Waals surface area contributed by atoms with E-state index in [1.807, 2.05) is 0 Å². The van der Waals surface area contributed by atoms with E-state index in [1.54, 1.807) is 23.5 Å². The van der Waals surface area contributed by atoms with Crippen molar-refractivity contribution < 1.29 is 17.9 Å². The van der Waals surface area contributed by atoms with Crippen molar-refractivity contribution in [2.45, 2.75) is 36.6 Å². The van der Waals surface area contributed by atoms with Crippen LogP contribution in [0.2, 0.25) is 0 Å². The number of carbonyl (C=O) groups is 1. The van der Waals surface area contributed by atoms with Gasteiger partial charge in [0.15, 0.2) is 9.84 Å². The van der Waals surface area contributed by atoms with Crippen LogP contribution in [-0.4, -0.2) is 51.7 Å². The Morgan fingerprint density at radius 1 is 1.21 bits per heavy atom. The van der Waals surface area contributed by atoms with Gasteiger partial charge in [0.2, 0.25) is 5.91 Å². The fourth-order valence-electron chi connectivity index (χ4n) is 3.45. The van der Waals surface area contributed by atoms with Crippen LogP contribution in [0.3, 0.4) is 0 Å². The van der Waals surface area contributed by atoms with Gasteiger partial charge >= 0.3 is 0 Å². The number of rotatable bonds is 10. The van der Waals surface area contributed by atoms with Crippen LogP contribution < -0.4 is 10.1 Å². The van der Waals surface area contributed by atoms with Crippen LogP contribution in [0, 0.1) is 0 Å². The molecule has 8 heteroatoms. The van der Waals surface area contributed by atoms with E-state index < -0.39 is 9.84 Å². The van der Waals surface area contributed by atoms with Crippen molar-refractivity contribution in [3.63, 3.8) is 0 Å². The highest BCUT2D eigenvalue weighted by atomic mass is 32.2. The maximum atomic E-state index is 12.2. The Morgan fingerprint density at radius 2 is 1.93 bits per heavy atom. The van der Waals surface area contributed by atoms with Crippen LogP contribution in [0.25, 0.3) is 0 Å². The molecule has 1 N–H and O–H groups in total. The number of hydrogen-bond donors (Lipinski definition) is 1. The maximum absolute atomic E-state index is 12.2. The average Bonchev–Trinajstić information content (AvgIpc) is 3.40. The van der Waals surface area contributed by atoms with Gasteiger partial charge in [-0.15, -0.1) is 11.3 Å². The second-order valence-electron chi connectivity index (χ2n) is 7.27. The summed E-state index contributed by atoms with van der Waals surface area (Å²) in [6.07, 6.45) is 4.62. The zero-order valence-electron chi connectivity index (χ0n) is 16.7. The molecule has 2 heterocycles. The minimum atomic E-state index is -3.20. The van der Waals surface area contributed by atoms with Crippen LogP contribution in [0.4, 0.5) is 0 Å². The predicted octanol–water partition coefficient (Wildman–Crippen LogP) is 3.26. The molecule has 1 atom stereocenters. The second-order valence-corrected chi connectivity index (χ2v) is 10.3. The van der Waals surface area contributed by atoms with E-state index in [2.05, 4.69) is 27.7 Å². The first-order chi connectivity index (χ1) is 13.9. The first-order valence-electron chi connectivity index (χ1n) is 9.90. The molecule has 6 nitrogen and oxygen atoms in total. The molecular formula is C21H28N2O4S2. The summed E-state index contributed by atoms with van der Waals surface area (Å²) >= 11 is 1.74. The van der Waals surface area contributed by atoms with E-state index in [4.69, 9.17) is 4.74 Å². The Bertz CT molecular complexity index is 874. The Labute approximate surface area is 176 Å². The van der Waals surface area contributed by atoms with Gasteiger partial charge in [0.05, 0.1) is 17.5 Å². The van der Waals surface area contributed by atoms with Crippen molar-refractivity contribution in [1.82, 2.24) is 10.2 Å². The molecule has 0 spiro atoms. The standard InChI is InChI=1S/C21H28N2O4S2/c1-29(25,26)18-10-8-17(9-11-18)27-14-4-7-21(24)22-16-19(20-6-5-15-28-20)23-12-2-3-13-23/h5-6,8-11,15,19H,2-4,7,12-14,16H2,1H3,(H,22,24). The zero-order valence-corrected chi connectivity index (χ0v) is 18.3. The quantitative estimate of drug-likeness (QED) is 0.579. The lowest BCUT2D eigenvalue weighted by atomic mass is 10.2. The minimum absolute atomic E-state index is 0.0294. The maximum Gasteiger partial charge on any atom is 0.220 e. The molecule has 0 aliphatic carbocycles. The molecule has 0 saturated carbocycles. The van der Waals surface area contributed by atoms with Crippen molar-refractivity contribution in [2.24, 2.45) is 0 Å². The molecule has 158 valence electrons. The number of hydrogen-bond acceptors (Lipinski definition) is 6. The van der Waals surface area contributed by atoms with Gasteiger partial charge in [0, 0.05) is 24.1 Å². The van der Waals surface area contributed by atoms with Crippen molar-refractivity contribution in [3.8, 4) is 5.75 Å². The summed E-state index contributed by atoms with van der Waals surface area (Å²) in [5.41, 5.74) is 0. The third kappa shape index (κ3) is 6.55. The average molecular weight is 437 g/mol. The summed E-state index contributed by atoms with van der Waals surface area (Å²) < 4.78 is 28.5. The van der Waals surface area contributed by atoms with Crippen LogP contribution in [-0.2, 0) is 14.6 Å². The third-order valence-electron chi connectivity index (χ3n) is 5.01. The molecule has 1 aromatic heterocycles. The molecule has 2 aromatic rings. The molecule has 1 aliphatic heterocycles. The van der Waals surface area contributed by atoms with Crippen molar-refractivity contribution in [3.05, 3.63) is 46.7 Å². The van der Waals surface area contributed by atoms with E-state index in [9.17, 15) is 13.2 Å². The molecule has 0 radical (unpaired) electrons. The van der Waals surface area contributed by atoms with E-state index in [0.717, 1.165) is 13.1 Å². The monoisotopic (exact) mass is 436 g/mol. The van der Waals surface area contributed by atoms with Crippen LogP contribution in [0.1, 0.15) is 36.6 Å². The fraction of sp³-hybridized carbons (Fsp3) is 0.476. The van der Waals surface area contributed by atoms with Crippen molar-refractivity contribution in [2.75, 3.05) is 32.5 Å². The van der Waals surface area contributed by atoms with Gasteiger partial charge in [-0.2, -0.15) is 0 Å². The zero-order chi connectivity index (χ0) is 20.7. The lowest BCUT2D eigenvalue weighted by Gasteiger charge is -2.26. The summed E-state index contributed by atoms with van der Waals surface area (Å²) in [5.74, 6) is 0.631. The minimum Gasteiger partial charge on any atom is -0.494 e. The lowest BCUT2D eigenvalue weighted by molar-refractivity contribution is -0.121. The van der Waals surface area contributed by atoms with Gasteiger partial charge in [-0.25, -0.2) is 8.42 Å². The number of ether oxygens (including phenoxy) is 1. The van der Waals surface area contributed by atoms with Crippen molar-refractivity contribution in [1.29, 1.82) is 0 Å². The summed E-state index contributed by atoms with van der Waals surface area (Å²) in [5, 5.41) is 5.16. The van der Waals surface area contributed by atoms with Gasteiger partial charge in [-0.3, -0.25) is 9.69 Å². The lowest BCUT2D eigenvalue weighted by Crippen LogP contribution is -2.36. The summed E-state index contributed by atoms with van der Waals surface area (Å²) in [6.45, 7) is 3.22. The van der Waals surface area contributed by atoms with Gasteiger partial charge in [0.1, 0.15) is 5.75 Å². The van der Waals surface area contributed by atoms with Gasteiger partial charge in [0.25, 0.3) is 0 Å². The molecule has 1 unspecified atom stereocenters. The predicted molar refractivity (Wildman–Crippen MR) is 115 cm³/mol. The SMILES string of the molecule is CS(=O)(=O)c1ccc(OCCCC(=O)NCC(c2cccs2)N2CCCC2)cc1. The fourth-order valence-corrected chi connectivity index (χ4v) is 4.94. The molecule has 3 rings (SSSR count). The van der Waals surface area contributed by atoms with Gasteiger partial charge < -0.3 is 10.1 Å².